The van der Waals surface area contributed by atoms with Gasteiger partial charge in [-0.25, -0.2) is 13.1 Å². The van der Waals surface area contributed by atoms with Gasteiger partial charge in [0.15, 0.2) is 0 Å². The minimum Gasteiger partial charge on any atom is -0.496 e. The molecule has 1 fully saturated rings. The number of sulfonamides is 1. The van der Waals surface area contributed by atoms with Crippen molar-refractivity contribution < 1.29 is 13.2 Å². The molecule has 0 heterocycles. The van der Waals surface area contributed by atoms with Gasteiger partial charge in [-0.1, -0.05) is 12.8 Å². The third kappa shape index (κ3) is 2.92. The van der Waals surface area contributed by atoms with E-state index in [0.717, 1.165) is 42.6 Å². The lowest BCUT2D eigenvalue weighted by Crippen LogP contribution is -2.33. The van der Waals surface area contributed by atoms with Crippen LogP contribution in [0.25, 0.3) is 0 Å². The average Bonchev–Trinajstić information content (AvgIpc) is 2.84. The van der Waals surface area contributed by atoms with Gasteiger partial charge in [-0.05, 0) is 49.9 Å². The highest BCUT2D eigenvalue weighted by Gasteiger charge is 2.25. The fourth-order valence-electron chi connectivity index (χ4n) is 2.61. The topological polar surface area (TPSA) is 55.4 Å². The van der Waals surface area contributed by atoms with Gasteiger partial charge in [0, 0.05) is 6.04 Å². The molecule has 0 saturated heterocycles. The van der Waals surface area contributed by atoms with Crippen LogP contribution in [-0.4, -0.2) is 21.6 Å². The molecular weight excluding hydrogens is 262 g/mol. The van der Waals surface area contributed by atoms with Crippen LogP contribution in [0.1, 0.15) is 36.8 Å². The zero-order valence-corrected chi connectivity index (χ0v) is 12.5. The first-order chi connectivity index (χ1) is 8.95. The first kappa shape index (κ1) is 14.3. The van der Waals surface area contributed by atoms with Crippen LogP contribution in [0.15, 0.2) is 17.0 Å². The van der Waals surface area contributed by atoms with Crippen molar-refractivity contribution in [3.8, 4) is 5.75 Å². The van der Waals surface area contributed by atoms with Crippen LogP contribution >= 0.6 is 0 Å². The normalized spacial score (nSPS) is 16.8. The Kier molecular flexibility index (Phi) is 4.16. The SMILES string of the molecule is COc1ccc(S(=O)(=O)NC2CCCC2)c(C)c1C. The minimum absolute atomic E-state index is 0.0896. The Morgan fingerprint density at radius 2 is 1.79 bits per heavy atom. The summed E-state index contributed by atoms with van der Waals surface area (Å²) in [6.07, 6.45) is 4.09. The van der Waals surface area contributed by atoms with E-state index in [9.17, 15) is 8.42 Å². The predicted octanol–water partition coefficient (Wildman–Crippen LogP) is 2.53. The van der Waals surface area contributed by atoms with Gasteiger partial charge in [-0.15, -0.1) is 0 Å². The Bertz CT molecular complexity index is 560. The average molecular weight is 283 g/mol. The molecule has 1 saturated carbocycles. The van der Waals surface area contributed by atoms with Gasteiger partial charge in [-0.3, -0.25) is 0 Å². The van der Waals surface area contributed by atoms with Crippen LogP contribution in [0, 0.1) is 13.8 Å². The van der Waals surface area contributed by atoms with Crippen molar-refractivity contribution in [1.82, 2.24) is 4.72 Å². The van der Waals surface area contributed by atoms with Gasteiger partial charge in [-0.2, -0.15) is 0 Å². The molecule has 1 aromatic rings. The number of benzene rings is 1. The first-order valence-corrected chi connectivity index (χ1v) is 8.10. The van der Waals surface area contributed by atoms with E-state index in [4.69, 9.17) is 4.74 Å². The molecule has 1 aromatic carbocycles. The quantitative estimate of drug-likeness (QED) is 0.924. The molecule has 0 bridgehead atoms. The fourth-order valence-corrected chi connectivity index (χ4v) is 4.21. The Labute approximate surface area is 115 Å². The Hall–Kier alpha value is -1.07. The third-order valence-corrected chi connectivity index (χ3v) is 5.54. The smallest absolute Gasteiger partial charge is 0.241 e. The van der Waals surface area contributed by atoms with Crippen LogP contribution < -0.4 is 9.46 Å². The van der Waals surface area contributed by atoms with E-state index in [0.29, 0.717) is 4.90 Å². The van der Waals surface area contributed by atoms with E-state index in [2.05, 4.69) is 4.72 Å². The number of hydrogen-bond donors (Lipinski definition) is 1. The summed E-state index contributed by atoms with van der Waals surface area (Å²) in [4.78, 5) is 0.359. The lowest BCUT2D eigenvalue weighted by molar-refractivity contribution is 0.410. The molecular formula is C14H21NO3S. The lowest BCUT2D eigenvalue weighted by Gasteiger charge is -2.16. The van der Waals surface area contributed by atoms with Gasteiger partial charge in [0.05, 0.1) is 12.0 Å². The number of methoxy groups -OCH3 is 1. The number of hydrogen-bond acceptors (Lipinski definition) is 3. The second kappa shape index (κ2) is 5.51. The number of ether oxygens (including phenoxy) is 1. The third-order valence-electron chi connectivity index (χ3n) is 3.87. The Morgan fingerprint density at radius 1 is 1.16 bits per heavy atom. The summed E-state index contributed by atoms with van der Waals surface area (Å²) in [5, 5.41) is 0. The molecule has 2 rings (SSSR count). The Morgan fingerprint density at radius 3 is 2.37 bits per heavy atom. The van der Waals surface area contributed by atoms with Crippen molar-refractivity contribution in [2.45, 2.75) is 50.5 Å². The highest BCUT2D eigenvalue weighted by molar-refractivity contribution is 7.89. The summed E-state index contributed by atoms with van der Waals surface area (Å²) in [6.45, 7) is 3.70. The van der Waals surface area contributed by atoms with Crippen LogP contribution in [0.4, 0.5) is 0 Å². The van der Waals surface area contributed by atoms with Crippen molar-refractivity contribution in [3.63, 3.8) is 0 Å². The molecule has 0 atom stereocenters. The molecule has 19 heavy (non-hydrogen) atoms. The highest BCUT2D eigenvalue weighted by Crippen LogP contribution is 2.28. The number of rotatable bonds is 4. The Balaban J connectivity index is 2.32. The maximum absolute atomic E-state index is 12.4. The van der Waals surface area contributed by atoms with E-state index >= 15 is 0 Å². The van der Waals surface area contributed by atoms with Crippen LogP contribution in [0.5, 0.6) is 5.75 Å². The van der Waals surface area contributed by atoms with Crippen molar-refractivity contribution in [1.29, 1.82) is 0 Å². The van der Waals surface area contributed by atoms with Gasteiger partial charge in [0.25, 0.3) is 0 Å². The zero-order chi connectivity index (χ0) is 14.0. The molecule has 4 nitrogen and oxygen atoms in total. The predicted molar refractivity (Wildman–Crippen MR) is 75.0 cm³/mol. The minimum atomic E-state index is -3.43. The zero-order valence-electron chi connectivity index (χ0n) is 11.7. The maximum Gasteiger partial charge on any atom is 0.241 e. The van der Waals surface area contributed by atoms with E-state index in [1.54, 1.807) is 19.2 Å². The lowest BCUT2D eigenvalue weighted by atomic mass is 10.1. The summed E-state index contributed by atoms with van der Waals surface area (Å²) in [5.74, 6) is 0.720. The standard InChI is InChI=1S/C14H21NO3S/c1-10-11(2)14(9-8-13(10)18-3)19(16,17)15-12-6-4-5-7-12/h8-9,12,15H,4-7H2,1-3H3. The van der Waals surface area contributed by atoms with Gasteiger partial charge >= 0.3 is 0 Å². The largest absolute Gasteiger partial charge is 0.496 e. The van der Waals surface area contributed by atoms with E-state index in [1.165, 1.54) is 0 Å². The van der Waals surface area contributed by atoms with Crippen molar-refractivity contribution >= 4 is 10.0 Å². The molecule has 5 heteroatoms. The van der Waals surface area contributed by atoms with Crippen molar-refractivity contribution in [3.05, 3.63) is 23.3 Å². The molecule has 0 radical (unpaired) electrons. The summed E-state index contributed by atoms with van der Waals surface area (Å²) in [5.41, 5.74) is 1.63. The first-order valence-electron chi connectivity index (χ1n) is 6.62. The molecule has 1 aliphatic rings. The van der Waals surface area contributed by atoms with Gasteiger partial charge in [0.1, 0.15) is 5.75 Å². The fraction of sp³-hybridized carbons (Fsp3) is 0.571. The molecule has 0 aliphatic heterocycles. The second-order valence-corrected chi connectivity index (χ2v) is 6.80. The molecule has 0 spiro atoms. The molecule has 1 aliphatic carbocycles. The van der Waals surface area contributed by atoms with Crippen LogP contribution in [0.3, 0.4) is 0 Å². The van der Waals surface area contributed by atoms with Crippen LogP contribution in [0.2, 0.25) is 0 Å². The summed E-state index contributed by atoms with van der Waals surface area (Å²) >= 11 is 0. The molecule has 106 valence electrons. The maximum atomic E-state index is 12.4. The van der Waals surface area contributed by atoms with Crippen LogP contribution in [-0.2, 0) is 10.0 Å². The summed E-state index contributed by atoms with van der Waals surface area (Å²) in [7, 11) is -1.84. The van der Waals surface area contributed by atoms with Gasteiger partial charge < -0.3 is 4.74 Å². The molecule has 0 aromatic heterocycles. The molecule has 0 unspecified atom stereocenters. The second-order valence-electron chi connectivity index (χ2n) is 5.12. The number of nitrogens with one attached hydrogen (secondary N) is 1. The van der Waals surface area contributed by atoms with E-state index < -0.39 is 10.0 Å². The van der Waals surface area contributed by atoms with Gasteiger partial charge in [0.2, 0.25) is 10.0 Å². The molecule has 0 amide bonds. The van der Waals surface area contributed by atoms with E-state index in [-0.39, 0.29) is 6.04 Å². The summed E-state index contributed by atoms with van der Waals surface area (Å²) in [6, 6.07) is 3.43. The van der Waals surface area contributed by atoms with Crippen molar-refractivity contribution in [2.75, 3.05) is 7.11 Å². The monoisotopic (exact) mass is 283 g/mol. The summed E-state index contributed by atoms with van der Waals surface area (Å²) < 4.78 is 32.8. The van der Waals surface area contributed by atoms with E-state index in [1.807, 2.05) is 13.8 Å². The molecule has 1 N–H and O–H groups in total. The highest BCUT2D eigenvalue weighted by atomic mass is 32.2. The van der Waals surface area contributed by atoms with Crippen molar-refractivity contribution in [2.24, 2.45) is 0 Å².